The fourth-order valence-electron chi connectivity index (χ4n) is 2.85. The van der Waals surface area contributed by atoms with Crippen molar-refractivity contribution in [3.8, 4) is 0 Å². The topological polar surface area (TPSA) is 16.1 Å². The van der Waals surface area contributed by atoms with E-state index >= 15 is 0 Å². The van der Waals surface area contributed by atoms with Crippen LogP contribution in [-0.4, -0.2) is 16.9 Å². The van der Waals surface area contributed by atoms with Crippen LogP contribution in [0.15, 0.2) is 35.7 Å². The summed E-state index contributed by atoms with van der Waals surface area (Å²) in [5.74, 6) is 0.471. The molecule has 0 fully saturated rings. The van der Waals surface area contributed by atoms with Gasteiger partial charge in [0, 0.05) is 30.7 Å². The van der Waals surface area contributed by atoms with Crippen LogP contribution < -0.4 is 0 Å². The highest BCUT2D eigenvalue weighted by Gasteiger charge is 2.32. The standard InChI is InChI=1S/C18H26N2/c1-12(2)17-8-13(3)16(10-19-17)18(6)9-14(4)15(5)11-20(18)7/h8-12H,1-7H3. The fraction of sp³-hybridized carbons (Fsp3) is 0.500. The molecule has 2 heterocycles. The quantitative estimate of drug-likeness (QED) is 0.785. The number of pyridine rings is 1. The molecule has 1 aromatic heterocycles. The van der Waals surface area contributed by atoms with Gasteiger partial charge in [0.2, 0.25) is 0 Å². The van der Waals surface area contributed by atoms with Gasteiger partial charge in [-0.05, 0) is 56.4 Å². The van der Waals surface area contributed by atoms with Crippen molar-refractivity contribution in [2.75, 3.05) is 7.05 Å². The van der Waals surface area contributed by atoms with Crippen LogP contribution in [0.2, 0.25) is 0 Å². The Hall–Kier alpha value is -1.57. The molecule has 0 spiro atoms. The van der Waals surface area contributed by atoms with E-state index in [2.05, 4.69) is 83.0 Å². The average molecular weight is 270 g/mol. The van der Waals surface area contributed by atoms with Gasteiger partial charge in [-0.15, -0.1) is 0 Å². The lowest BCUT2D eigenvalue weighted by atomic mass is 9.83. The van der Waals surface area contributed by atoms with Gasteiger partial charge in [0.05, 0.1) is 5.54 Å². The van der Waals surface area contributed by atoms with Crippen LogP contribution >= 0.6 is 0 Å². The zero-order valence-corrected chi connectivity index (χ0v) is 13.8. The van der Waals surface area contributed by atoms with Gasteiger partial charge in [0.15, 0.2) is 0 Å². The molecule has 0 aliphatic carbocycles. The molecule has 20 heavy (non-hydrogen) atoms. The van der Waals surface area contributed by atoms with Crippen molar-refractivity contribution in [1.82, 2.24) is 9.88 Å². The zero-order chi connectivity index (χ0) is 15.1. The molecule has 1 aliphatic heterocycles. The van der Waals surface area contributed by atoms with E-state index in [9.17, 15) is 0 Å². The molecule has 2 heteroatoms. The summed E-state index contributed by atoms with van der Waals surface area (Å²) in [7, 11) is 2.14. The molecule has 108 valence electrons. The number of allylic oxidation sites excluding steroid dienone is 2. The minimum absolute atomic E-state index is 0.115. The second kappa shape index (κ2) is 5.08. The molecule has 0 saturated heterocycles. The molecule has 2 nitrogen and oxygen atoms in total. The highest BCUT2D eigenvalue weighted by atomic mass is 15.2. The second-order valence-corrected chi connectivity index (χ2v) is 6.48. The Morgan fingerprint density at radius 2 is 1.80 bits per heavy atom. The van der Waals surface area contributed by atoms with Crippen molar-refractivity contribution in [3.63, 3.8) is 0 Å². The minimum atomic E-state index is -0.115. The summed E-state index contributed by atoms with van der Waals surface area (Å²) in [6.45, 7) is 13.2. The van der Waals surface area contributed by atoms with E-state index in [1.165, 1.54) is 28.0 Å². The molecule has 0 saturated carbocycles. The van der Waals surface area contributed by atoms with Crippen molar-refractivity contribution in [3.05, 3.63) is 52.5 Å². The Bertz CT molecular complexity index is 581. The van der Waals surface area contributed by atoms with E-state index in [4.69, 9.17) is 0 Å². The monoisotopic (exact) mass is 270 g/mol. The zero-order valence-electron chi connectivity index (χ0n) is 13.8. The van der Waals surface area contributed by atoms with Crippen LogP contribution in [0.25, 0.3) is 0 Å². The van der Waals surface area contributed by atoms with Crippen LogP contribution in [0.4, 0.5) is 0 Å². The fourth-order valence-corrected chi connectivity index (χ4v) is 2.85. The van der Waals surface area contributed by atoms with Gasteiger partial charge < -0.3 is 4.90 Å². The first-order valence-corrected chi connectivity index (χ1v) is 7.34. The normalized spacial score (nSPS) is 22.9. The maximum Gasteiger partial charge on any atom is 0.0823 e. The van der Waals surface area contributed by atoms with Crippen LogP contribution in [0.5, 0.6) is 0 Å². The molecule has 2 rings (SSSR count). The average Bonchev–Trinajstić information content (AvgIpc) is 2.36. The smallest absolute Gasteiger partial charge is 0.0823 e. The molecule has 0 amide bonds. The summed E-state index contributed by atoms with van der Waals surface area (Å²) < 4.78 is 0. The first kappa shape index (κ1) is 14.8. The van der Waals surface area contributed by atoms with E-state index < -0.39 is 0 Å². The molecule has 0 radical (unpaired) electrons. The van der Waals surface area contributed by atoms with Crippen molar-refractivity contribution in [2.24, 2.45) is 0 Å². The highest BCUT2D eigenvalue weighted by molar-refractivity contribution is 5.43. The predicted molar refractivity (Wildman–Crippen MR) is 85.7 cm³/mol. The van der Waals surface area contributed by atoms with Gasteiger partial charge in [-0.1, -0.05) is 19.9 Å². The molecule has 1 atom stereocenters. The number of aryl methyl sites for hydroxylation is 1. The van der Waals surface area contributed by atoms with Gasteiger partial charge in [0.25, 0.3) is 0 Å². The van der Waals surface area contributed by atoms with E-state index in [0.717, 1.165) is 0 Å². The summed E-state index contributed by atoms with van der Waals surface area (Å²) in [5.41, 5.74) is 6.33. The van der Waals surface area contributed by atoms with E-state index in [1.54, 1.807) is 0 Å². The predicted octanol–water partition coefficient (Wildman–Crippen LogP) is 4.52. The number of nitrogens with zero attached hydrogens (tertiary/aromatic N) is 2. The SMILES string of the molecule is CC1=CN(C)C(C)(c2cnc(C(C)C)cc2C)C=C1C. The lowest BCUT2D eigenvalue weighted by molar-refractivity contribution is 0.255. The number of hydrogen-bond donors (Lipinski definition) is 0. The second-order valence-electron chi connectivity index (χ2n) is 6.48. The lowest BCUT2D eigenvalue weighted by Crippen LogP contribution is -2.39. The van der Waals surface area contributed by atoms with Gasteiger partial charge in [0.1, 0.15) is 0 Å². The maximum absolute atomic E-state index is 4.66. The van der Waals surface area contributed by atoms with E-state index in [-0.39, 0.29) is 5.54 Å². The number of aromatic nitrogens is 1. The third-order valence-corrected chi connectivity index (χ3v) is 4.51. The Labute approximate surface area is 123 Å². The van der Waals surface area contributed by atoms with Crippen LogP contribution in [0, 0.1) is 6.92 Å². The van der Waals surface area contributed by atoms with Crippen LogP contribution in [-0.2, 0) is 5.54 Å². The van der Waals surface area contributed by atoms with Gasteiger partial charge in [-0.3, -0.25) is 4.98 Å². The Morgan fingerprint density at radius 3 is 2.35 bits per heavy atom. The third-order valence-electron chi connectivity index (χ3n) is 4.51. The Kier molecular flexibility index (Phi) is 3.77. The molecule has 1 aromatic rings. The summed E-state index contributed by atoms with van der Waals surface area (Å²) in [5, 5.41) is 0. The summed E-state index contributed by atoms with van der Waals surface area (Å²) in [4.78, 5) is 6.95. The maximum atomic E-state index is 4.66. The highest BCUT2D eigenvalue weighted by Crippen LogP contribution is 2.37. The molecule has 1 aliphatic rings. The largest absolute Gasteiger partial charge is 0.367 e. The molecular formula is C18H26N2. The molecule has 0 aromatic carbocycles. The molecule has 0 N–H and O–H groups in total. The van der Waals surface area contributed by atoms with Crippen molar-refractivity contribution in [1.29, 1.82) is 0 Å². The number of rotatable bonds is 2. The van der Waals surface area contributed by atoms with Crippen LogP contribution in [0.1, 0.15) is 57.4 Å². The lowest BCUT2D eigenvalue weighted by Gasteiger charge is -2.41. The third kappa shape index (κ3) is 2.39. The van der Waals surface area contributed by atoms with Crippen LogP contribution in [0.3, 0.4) is 0 Å². The number of likely N-dealkylation sites (N-methyl/N-ethyl adjacent to an activating group) is 1. The van der Waals surface area contributed by atoms with E-state index in [0.29, 0.717) is 5.92 Å². The van der Waals surface area contributed by atoms with E-state index in [1.807, 2.05) is 0 Å². The van der Waals surface area contributed by atoms with Gasteiger partial charge in [-0.25, -0.2) is 0 Å². The van der Waals surface area contributed by atoms with Gasteiger partial charge in [-0.2, -0.15) is 0 Å². The van der Waals surface area contributed by atoms with Crippen molar-refractivity contribution >= 4 is 0 Å². The summed E-state index contributed by atoms with van der Waals surface area (Å²) in [6, 6.07) is 2.23. The molecule has 0 bridgehead atoms. The van der Waals surface area contributed by atoms with Crippen molar-refractivity contribution in [2.45, 2.75) is 53.0 Å². The Morgan fingerprint density at radius 1 is 1.15 bits per heavy atom. The summed E-state index contributed by atoms with van der Waals surface area (Å²) >= 11 is 0. The minimum Gasteiger partial charge on any atom is -0.367 e. The first-order valence-electron chi connectivity index (χ1n) is 7.34. The number of hydrogen-bond acceptors (Lipinski definition) is 2. The molecule has 1 unspecified atom stereocenters. The van der Waals surface area contributed by atoms with Crippen molar-refractivity contribution < 1.29 is 0 Å². The first-order chi connectivity index (χ1) is 9.25. The molecular weight excluding hydrogens is 244 g/mol. The summed E-state index contributed by atoms with van der Waals surface area (Å²) in [6.07, 6.45) is 6.63. The Balaban J connectivity index is 2.51. The van der Waals surface area contributed by atoms with Gasteiger partial charge >= 0.3 is 0 Å².